The third kappa shape index (κ3) is 49.3. The SMILES string of the molecule is CC(C)CCCCCCCCCCCCCCC(=O)OC[C@H](COC(=O)CCCCCCCCCCCCCC(C)C)OC(=O)CCCCCCCCCCCCCC(C)C. The second kappa shape index (κ2) is 46.4. The van der Waals surface area contributed by atoms with Crippen molar-refractivity contribution in [3.05, 3.63) is 0 Å². The summed E-state index contributed by atoms with van der Waals surface area (Å²) in [6.45, 7) is 13.7. The predicted molar refractivity (Wildman–Crippen MR) is 261 cm³/mol. The van der Waals surface area contributed by atoms with Crippen molar-refractivity contribution in [2.75, 3.05) is 13.2 Å². The lowest BCUT2D eigenvalue weighted by Gasteiger charge is -2.18. The number of carbonyl (C=O) groups excluding carboxylic acids is 3. The molecule has 1 atom stereocenters. The summed E-state index contributed by atoms with van der Waals surface area (Å²) >= 11 is 0. The van der Waals surface area contributed by atoms with Crippen molar-refractivity contribution in [2.45, 2.75) is 304 Å². The zero-order valence-electron chi connectivity index (χ0n) is 42.0. The Labute approximate surface area is 380 Å². The van der Waals surface area contributed by atoms with E-state index in [0.717, 1.165) is 75.5 Å². The van der Waals surface area contributed by atoms with Crippen LogP contribution in [-0.2, 0) is 28.6 Å². The summed E-state index contributed by atoms with van der Waals surface area (Å²) in [6.07, 6.45) is 46.6. The van der Waals surface area contributed by atoms with Gasteiger partial charge in [-0.05, 0) is 37.0 Å². The summed E-state index contributed by atoms with van der Waals surface area (Å²) in [4.78, 5) is 38.0. The van der Waals surface area contributed by atoms with Crippen LogP contribution in [-0.4, -0.2) is 37.2 Å². The number of rotatable bonds is 48. The fourth-order valence-electron chi connectivity index (χ4n) is 8.29. The molecule has 6 heteroatoms. The summed E-state index contributed by atoms with van der Waals surface area (Å²) in [5.41, 5.74) is 0. The highest BCUT2D eigenvalue weighted by Gasteiger charge is 2.19. The average Bonchev–Trinajstić information content (AvgIpc) is 3.22. The summed E-state index contributed by atoms with van der Waals surface area (Å²) in [6, 6.07) is 0. The van der Waals surface area contributed by atoms with Crippen molar-refractivity contribution < 1.29 is 28.6 Å². The molecular formula is C55H106O6. The van der Waals surface area contributed by atoms with Crippen LogP contribution in [0.2, 0.25) is 0 Å². The smallest absolute Gasteiger partial charge is 0.306 e. The number of esters is 3. The van der Waals surface area contributed by atoms with Gasteiger partial charge in [-0.25, -0.2) is 0 Å². The monoisotopic (exact) mass is 863 g/mol. The van der Waals surface area contributed by atoms with Crippen molar-refractivity contribution in [1.82, 2.24) is 0 Å². The third-order valence-electron chi connectivity index (χ3n) is 12.4. The van der Waals surface area contributed by atoms with Crippen molar-refractivity contribution in [1.29, 1.82) is 0 Å². The van der Waals surface area contributed by atoms with E-state index in [4.69, 9.17) is 14.2 Å². The van der Waals surface area contributed by atoms with Crippen molar-refractivity contribution in [2.24, 2.45) is 17.8 Å². The average molecular weight is 863 g/mol. The van der Waals surface area contributed by atoms with E-state index >= 15 is 0 Å². The lowest BCUT2D eigenvalue weighted by atomic mass is 10.0. The molecule has 61 heavy (non-hydrogen) atoms. The first-order valence-electron chi connectivity index (χ1n) is 27.1. The van der Waals surface area contributed by atoms with Crippen LogP contribution >= 0.6 is 0 Å². The van der Waals surface area contributed by atoms with Crippen molar-refractivity contribution in [3.8, 4) is 0 Å². The maximum absolute atomic E-state index is 12.8. The van der Waals surface area contributed by atoms with Gasteiger partial charge in [-0.1, -0.05) is 260 Å². The standard InChI is InChI=1S/C55H106O6/c1-49(2)41-35-29-23-17-11-7-8-14-20-26-32-38-44-53(56)59-47-52(61-55(58)46-40-34-28-22-16-10-13-19-25-31-37-43-51(5)6)48-60-54(57)45-39-33-27-21-15-9-12-18-24-30-36-42-50(3)4/h49-52H,7-48H2,1-6H3/t52-/m1/s1. The number of hydrogen-bond donors (Lipinski definition) is 0. The molecule has 0 spiro atoms. The fourth-order valence-corrected chi connectivity index (χ4v) is 8.29. The van der Waals surface area contributed by atoms with Crippen LogP contribution in [0.5, 0.6) is 0 Å². The van der Waals surface area contributed by atoms with Gasteiger partial charge in [-0.15, -0.1) is 0 Å². The van der Waals surface area contributed by atoms with Gasteiger partial charge in [-0.2, -0.15) is 0 Å². The Morgan fingerprint density at radius 2 is 0.475 bits per heavy atom. The molecule has 0 aliphatic carbocycles. The predicted octanol–water partition coefficient (Wildman–Crippen LogP) is 17.6. The highest BCUT2D eigenvalue weighted by atomic mass is 16.6. The van der Waals surface area contributed by atoms with Gasteiger partial charge in [0.2, 0.25) is 0 Å². The van der Waals surface area contributed by atoms with E-state index in [1.807, 2.05) is 0 Å². The zero-order valence-corrected chi connectivity index (χ0v) is 42.0. The van der Waals surface area contributed by atoms with E-state index in [2.05, 4.69) is 41.5 Å². The Bertz CT molecular complexity index is 945. The first-order valence-corrected chi connectivity index (χ1v) is 27.1. The van der Waals surface area contributed by atoms with Gasteiger partial charge in [0.25, 0.3) is 0 Å². The van der Waals surface area contributed by atoms with Gasteiger partial charge in [0.1, 0.15) is 13.2 Å². The Morgan fingerprint density at radius 1 is 0.279 bits per heavy atom. The molecule has 0 aliphatic heterocycles. The number of ether oxygens (including phenoxy) is 3. The molecule has 0 aliphatic rings. The lowest BCUT2D eigenvalue weighted by Crippen LogP contribution is -2.30. The summed E-state index contributed by atoms with van der Waals surface area (Å²) in [5, 5.41) is 0. The molecule has 0 fully saturated rings. The molecule has 0 saturated carbocycles. The van der Waals surface area contributed by atoms with Crippen LogP contribution in [0, 0.1) is 17.8 Å². The molecule has 0 radical (unpaired) electrons. The Hall–Kier alpha value is -1.59. The largest absolute Gasteiger partial charge is 0.462 e. The molecule has 0 unspecified atom stereocenters. The fraction of sp³-hybridized carbons (Fsp3) is 0.945. The highest BCUT2D eigenvalue weighted by molar-refractivity contribution is 5.71. The van der Waals surface area contributed by atoms with Crippen LogP contribution in [0.1, 0.15) is 298 Å². The molecule has 0 aromatic rings. The second-order valence-electron chi connectivity index (χ2n) is 20.3. The summed E-state index contributed by atoms with van der Waals surface area (Å²) in [7, 11) is 0. The number of carbonyl (C=O) groups is 3. The van der Waals surface area contributed by atoms with Crippen LogP contribution in [0.25, 0.3) is 0 Å². The topological polar surface area (TPSA) is 78.9 Å². The third-order valence-corrected chi connectivity index (χ3v) is 12.4. The van der Waals surface area contributed by atoms with Crippen LogP contribution in [0.15, 0.2) is 0 Å². The molecule has 0 amide bonds. The molecule has 0 N–H and O–H groups in total. The molecule has 6 nitrogen and oxygen atoms in total. The summed E-state index contributed by atoms with van der Waals surface area (Å²) in [5.74, 6) is 1.64. The first kappa shape index (κ1) is 59.4. The van der Waals surface area contributed by atoms with Crippen LogP contribution in [0.4, 0.5) is 0 Å². The molecule has 0 rings (SSSR count). The minimum atomic E-state index is -0.763. The number of hydrogen-bond acceptors (Lipinski definition) is 6. The van der Waals surface area contributed by atoms with Crippen molar-refractivity contribution >= 4 is 17.9 Å². The maximum atomic E-state index is 12.8. The molecule has 0 heterocycles. The van der Waals surface area contributed by atoms with Gasteiger partial charge in [-0.3, -0.25) is 14.4 Å². The zero-order chi connectivity index (χ0) is 44.9. The Morgan fingerprint density at radius 3 is 0.705 bits per heavy atom. The quantitative estimate of drug-likeness (QED) is 0.0344. The van der Waals surface area contributed by atoms with E-state index in [-0.39, 0.29) is 31.1 Å². The first-order chi connectivity index (χ1) is 29.6. The van der Waals surface area contributed by atoms with Gasteiger partial charge in [0, 0.05) is 19.3 Å². The van der Waals surface area contributed by atoms with E-state index < -0.39 is 6.10 Å². The van der Waals surface area contributed by atoms with E-state index in [1.165, 1.54) is 180 Å². The molecule has 0 bridgehead atoms. The van der Waals surface area contributed by atoms with Crippen LogP contribution < -0.4 is 0 Å². The van der Waals surface area contributed by atoms with Gasteiger partial charge in [0.05, 0.1) is 0 Å². The highest BCUT2D eigenvalue weighted by Crippen LogP contribution is 2.18. The Kier molecular flexibility index (Phi) is 45.2. The minimum Gasteiger partial charge on any atom is -0.462 e. The lowest BCUT2D eigenvalue weighted by molar-refractivity contribution is -0.167. The maximum Gasteiger partial charge on any atom is 0.306 e. The van der Waals surface area contributed by atoms with Gasteiger partial charge >= 0.3 is 17.9 Å². The molecule has 0 aromatic heterocycles. The molecular weight excluding hydrogens is 757 g/mol. The van der Waals surface area contributed by atoms with Gasteiger partial charge < -0.3 is 14.2 Å². The van der Waals surface area contributed by atoms with E-state index in [1.54, 1.807) is 0 Å². The Balaban J connectivity index is 4.32. The second-order valence-corrected chi connectivity index (χ2v) is 20.3. The minimum absolute atomic E-state index is 0.0642. The molecule has 0 aromatic carbocycles. The van der Waals surface area contributed by atoms with Crippen LogP contribution in [0.3, 0.4) is 0 Å². The molecule has 0 saturated heterocycles. The molecule has 362 valence electrons. The van der Waals surface area contributed by atoms with E-state index in [0.29, 0.717) is 19.3 Å². The normalized spacial score (nSPS) is 12.1. The van der Waals surface area contributed by atoms with Gasteiger partial charge in [0.15, 0.2) is 6.10 Å². The number of unbranched alkanes of at least 4 members (excludes halogenated alkanes) is 31. The summed E-state index contributed by atoms with van der Waals surface area (Å²) < 4.78 is 16.8. The van der Waals surface area contributed by atoms with Crippen molar-refractivity contribution in [3.63, 3.8) is 0 Å². The van der Waals surface area contributed by atoms with E-state index in [9.17, 15) is 14.4 Å².